The third-order valence-corrected chi connectivity index (χ3v) is 6.96. The van der Waals surface area contributed by atoms with Gasteiger partial charge in [0.05, 0.1) is 24.0 Å². The molecule has 0 amide bonds. The van der Waals surface area contributed by atoms with E-state index in [2.05, 4.69) is 14.9 Å². The van der Waals surface area contributed by atoms with Crippen molar-refractivity contribution in [3.8, 4) is 0 Å². The Hall–Kier alpha value is -1.99. The van der Waals surface area contributed by atoms with Crippen LogP contribution in [0.3, 0.4) is 0 Å². The number of anilines is 1. The number of carboxylic acid groups (broad SMARTS) is 1. The summed E-state index contributed by atoms with van der Waals surface area (Å²) in [7, 11) is -3.14. The number of alkyl halides is 3. The second kappa shape index (κ2) is 7.79. The quantitative estimate of drug-likeness (QED) is 0.746. The molecule has 1 aromatic heterocycles. The fraction of sp³-hybridized carbons (Fsp3) is 0.667. The maximum absolute atomic E-state index is 12.4. The van der Waals surface area contributed by atoms with Gasteiger partial charge in [-0.2, -0.15) is 17.5 Å². The van der Waals surface area contributed by atoms with Gasteiger partial charge in [-0.25, -0.2) is 23.2 Å². The van der Waals surface area contributed by atoms with E-state index in [0.717, 1.165) is 12.8 Å². The first-order valence-corrected chi connectivity index (χ1v) is 10.1. The Morgan fingerprint density at radius 2 is 1.82 bits per heavy atom. The fourth-order valence-corrected chi connectivity index (χ4v) is 5.00. The predicted molar refractivity (Wildman–Crippen MR) is 90.1 cm³/mol. The third-order valence-electron chi connectivity index (χ3n) is 4.62. The average molecular weight is 424 g/mol. The van der Waals surface area contributed by atoms with E-state index >= 15 is 0 Å². The maximum Gasteiger partial charge on any atom is 0.490 e. The molecule has 4 rings (SSSR count). The number of rotatable bonds is 3. The highest BCUT2D eigenvalue weighted by Gasteiger charge is 2.49. The molecule has 0 aromatic carbocycles. The van der Waals surface area contributed by atoms with Crippen LogP contribution >= 0.6 is 0 Å². The molecule has 156 valence electrons. The third kappa shape index (κ3) is 4.52. The van der Waals surface area contributed by atoms with E-state index < -0.39 is 22.2 Å². The molecular weight excluding hydrogens is 405 g/mol. The van der Waals surface area contributed by atoms with Gasteiger partial charge in [0.15, 0.2) is 0 Å². The molecule has 0 bridgehead atoms. The van der Waals surface area contributed by atoms with E-state index in [1.165, 1.54) is 0 Å². The Morgan fingerprint density at radius 1 is 1.21 bits per heavy atom. The van der Waals surface area contributed by atoms with Crippen LogP contribution in [-0.2, 0) is 19.6 Å². The minimum Gasteiger partial charge on any atom is -0.475 e. The standard InChI is InChI=1S/C13H18N4O3S.C2HF3O2/c18-21(19,10-2-3-10)16-8-11-12(9-16)20-7-6-17(11)13-14-4-1-5-15-13;3-2(4,5)1(6)7/h1,4-5,10-12H,2-3,6-9H2;(H,6,7)/t11-,12+;/m1./s1. The van der Waals surface area contributed by atoms with E-state index in [9.17, 15) is 21.6 Å². The molecule has 3 aliphatic rings. The number of nitrogens with zero attached hydrogens (tertiary/aromatic N) is 4. The van der Waals surface area contributed by atoms with Gasteiger partial charge in [0.2, 0.25) is 16.0 Å². The number of hydrogen-bond donors (Lipinski definition) is 1. The Kier molecular flexibility index (Phi) is 5.77. The SMILES string of the molecule is O=C(O)C(F)(F)F.O=S(=O)(C1CC1)N1C[C@@H]2OCCN(c3ncccn3)[C@@H]2C1. The Morgan fingerprint density at radius 3 is 2.36 bits per heavy atom. The summed E-state index contributed by atoms with van der Waals surface area (Å²) in [5, 5.41) is 6.96. The van der Waals surface area contributed by atoms with Gasteiger partial charge in [-0.3, -0.25) is 0 Å². The van der Waals surface area contributed by atoms with Crippen molar-refractivity contribution in [1.29, 1.82) is 0 Å². The second-order valence-electron chi connectivity index (χ2n) is 6.58. The molecule has 2 aliphatic heterocycles. The van der Waals surface area contributed by atoms with Crippen molar-refractivity contribution in [1.82, 2.24) is 14.3 Å². The molecule has 0 spiro atoms. The van der Waals surface area contributed by atoms with Crippen molar-refractivity contribution in [2.24, 2.45) is 0 Å². The van der Waals surface area contributed by atoms with Crippen LogP contribution < -0.4 is 4.90 Å². The first-order valence-electron chi connectivity index (χ1n) is 8.55. The smallest absolute Gasteiger partial charge is 0.475 e. The number of halogens is 3. The summed E-state index contributed by atoms with van der Waals surface area (Å²) in [5.41, 5.74) is 0. The largest absolute Gasteiger partial charge is 0.490 e. The Bertz CT molecular complexity index is 804. The van der Waals surface area contributed by atoms with Gasteiger partial charge in [-0.15, -0.1) is 0 Å². The molecule has 9 nitrogen and oxygen atoms in total. The molecule has 13 heteroatoms. The summed E-state index contributed by atoms with van der Waals surface area (Å²) in [6.07, 6.45) is -0.168. The summed E-state index contributed by atoms with van der Waals surface area (Å²) >= 11 is 0. The molecule has 1 N–H and O–H groups in total. The normalized spacial score (nSPS) is 25.6. The molecule has 1 aliphatic carbocycles. The highest BCUT2D eigenvalue weighted by Crippen LogP contribution is 2.35. The lowest BCUT2D eigenvalue weighted by Crippen LogP contribution is -2.51. The molecule has 1 aromatic rings. The zero-order valence-electron chi connectivity index (χ0n) is 14.6. The topological polar surface area (TPSA) is 113 Å². The molecule has 28 heavy (non-hydrogen) atoms. The zero-order valence-corrected chi connectivity index (χ0v) is 15.4. The molecule has 3 fully saturated rings. The van der Waals surface area contributed by atoms with Crippen molar-refractivity contribution in [3.05, 3.63) is 18.5 Å². The van der Waals surface area contributed by atoms with E-state index in [-0.39, 0.29) is 17.4 Å². The number of fused-ring (bicyclic) bond motifs is 1. The molecule has 1 saturated carbocycles. The van der Waals surface area contributed by atoms with Crippen LogP contribution in [0.2, 0.25) is 0 Å². The number of sulfonamides is 1. The highest BCUT2D eigenvalue weighted by atomic mass is 32.2. The van der Waals surface area contributed by atoms with Crippen LogP contribution in [-0.4, -0.2) is 83.6 Å². The first-order chi connectivity index (χ1) is 13.1. The number of hydrogen-bond acceptors (Lipinski definition) is 7. The minimum absolute atomic E-state index is 0.00896. The van der Waals surface area contributed by atoms with Crippen molar-refractivity contribution in [2.45, 2.75) is 36.4 Å². The number of aliphatic carboxylic acids is 1. The number of carbonyl (C=O) groups is 1. The van der Waals surface area contributed by atoms with Crippen LogP contribution in [0.4, 0.5) is 19.1 Å². The summed E-state index contributed by atoms with van der Waals surface area (Å²) in [6.45, 7) is 2.20. The van der Waals surface area contributed by atoms with E-state index in [1.54, 1.807) is 22.8 Å². The van der Waals surface area contributed by atoms with E-state index in [0.29, 0.717) is 32.2 Å². The van der Waals surface area contributed by atoms with Gasteiger partial charge >= 0.3 is 12.1 Å². The van der Waals surface area contributed by atoms with Crippen LogP contribution in [0.5, 0.6) is 0 Å². The molecule has 3 heterocycles. The average Bonchev–Trinajstić information content (AvgIpc) is 3.41. The molecule has 2 atom stereocenters. The van der Waals surface area contributed by atoms with Crippen molar-refractivity contribution in [2.75, 3.05) is 31.1 Å². The van der Waals surface area contributed by atoms with Gasteiger partial charge < -0.3 is 14.7 Å². The molecule has 2 saturated heterocycles. The highest BCUT2D eigenvalue weighted by molar-refractivity contribution is 7.90. The van der Waals surface area contributed by atoms with E-state index in [1.807, 2.05) is 0 Å². The summed E-state index contributed by atoms with van der Waals surface area (Å²) in [6, 6.07) is 1.79. The molecule has 0 unspecified atom stereocenters. The second-order valence-corrected chi connectivity index (χ2v) is 8.80. The van der Waals surface area contributed by atoms with Gasteiger partial charge in [0.1, 0.15) is 0 Å². The number of ether oxygens (including phenoxy) is 1. The summed E-state index contributed by atoms with van der Waals surface area (Å²) < 4.78 is 63.9. The summed E-state index contributed by atoms with van der Waals surface area (Å²) in [4.78, 5) is 19.6. The molecular formula is C15H19F3N4O5S. The Balaban J connectivity index is 0.000000279. The summed E-state index contributed by atoms with van der Waals surface area (Å²) in [5.74, 6) is -2.10. The van der Waals surface area contributed by atoms with E-state index in [4.69, 9.17) is 14.6 Å². The zero-order chi connectivity index (χ0) is 20.5. The first kappa shape index (κ1) is 20.7. The maximum atomic E-state index is 12.4. The van der Waals surface area contributed by atoms with Crippen LogP contribution in [0.1, 0.15) is 12.8 Å². The fourth-order valence-electron chi connectivity index (χ4n) is 3.13. The van der Waals surface area contributed by atoms with Crippen LogP contribution in [0.15, 0.2) is 18.5 Å². The Labute approximate surface area is 159 Å². The lowest BCUT2D eigenvalue weighted by atomic mass is 10.1. The van der Waals surface area contributed by atoms with Gasteiger partial charge in [-0.1, -0.05) is 0 Å². The van der Waals surface area contributed by atoms with Gasteiger partial charge in [-0.05, 0) is 18.9 Å². The monoisotopic (exact) mass is 424 g/mol. The predicted octanol–water partition coefficient (Wildman–Crippen LogP) is 0.491. The van der Waals surface area contributed by atoms with Crippen molar-refractivity contribution < 1.29 is 36.2 Å². The number of carboxylic acids is 1. The lowest BCUT2D eigenvalue weighted by Gasteiger charge is -2.36. The number of morpholine rings is 1. The minimum atomic E-state index is -5.08. The lowest BCUT2D eigenvalue weighted by molar-refractivity contribution is -0.192. The van der Waals surface area contributed by atoms with Gasteiger partial charge in [0.25, 0.3) is 0 Å². The van der Waals surface area contributed by atoms with Crippen LogP contribution in [0.25, 0.3) is 0 Å². The van der Waals surface area contributed by atoms with Crippen molar-refractivity contribution >= 4 is 21.9 Å². The number of aromatic nitrogens is 2. The van der Waals surface area contributed by atoms with Crippen LogP contribution in [0, 0.1) is 0 Å². The van der Waals surface area contributed by atoms with Gasteiger partial charge in [0, 0.05) is 32.0 Å². The molecule has 0 radical (unpaired) electrons. The van der Waals surface area contributed by atoms with Crippen molar-refractivity contribution in [3.63, 3.8) is 0 Å².